The Bertz CT molecular complexity index is 1390. The molecule has 0 fully saturated rings. The highest BCUT2D eigenvalue weighted by molar-refractivity contribution is 6.01. The van der Waals surface area contributed by atoms with Gasteiger partial charge < -0.3 is 19.7 Å². The van der Waals surface area contributed by atoms with Crippen LogP contribution in [-0.4, -0.2) is 42.8 Å². The van der Waals surface area contributed by atoms with Crippen molar-refractivity contribution in [1.82, 2.24) is 9.88 Å². The van der Waals surface area contributed by atoms with Gasteiger partial charge in [-0.05, 0) is 42.3 Å². The number of carbonyl (C=O) groups is 1. The number of benzene rings is 3. The molecular weight excluding hydrogens is 457 g/mol. The number of amides is 1. The predicted molar refractivity (Wildman–Crippen MR) is 138 cm³/mol. The van der Waals surface area contributed by atoms with Gasteiger partial charge >= 0.3 is 0 Å². The number of hydrogen-bond donors (Lipinski definition) is 1. The van der Waals surface area contributed by atoms with Crippen molar-refractivity contribution in [2.75, 3.05) is 32.3 Å². The molecule has 0 aliphatic carbocycles. The van der Waals surface area contributed by atoms with Crippen molar-refractivity contribution in [2.24, 2.45) is 0 Å². The highest BCUT2D eigenvalue weighted by Gasteiger charge is 2.31. The van der Waals surface area contributed by atoms with Crippen LogP contribution in [0.25, 0.3) is 22.0 Å². The standard InChI is InChI=1S/C29H28FN3O3/c1-19(33-18-36-17-21-10-6-7-11-23(21)29(33)34)27-26(20-8-4-3-5-9-20)28(31-14-15-35-2)24-16-22(30)12-13-25(24)32-27/h3-13,16,19H,14-15,17-18H2,1-2H3,(H,31,32). The van der Waals surface area contributed by atoms with Crippen LogP contribution in [0.5, 0.6) is 0 Å². The first-order chi connectivity index (χ1) is 17.6. The van der Waals surface area contributed by atoms with Crippen molar-refractivity contribution in [3.05, 3.63) is 95.4 Å². The molecule has 4 aromatic rings. The molecule has 5 rings (SSSR count). The van der Waals surface area contributed by atoms with E-state index in [1.54, 1.807) is 18.1 Å². The predicted octanol–water partition coefficient (Wildman–Crippen LogP) is 5.79. The smallest absolute Gasteiger partial charge is 0.256 e. The molecule has 1 aliphatic rings. The number of fused-ring (bicyclic) bond motifs is 2. The summed E-state index contributed by atoms with van der Waals surface area (Å²) in [6.45, 7) is 3.47. The van der Waals surface area contributed by atoms with Gasteiger partial charge in [0.1, 0.15) is 12.5 Å². The Balaban J connectivity index is 1.70. The van der Waals surface area contributed by atoms with Crippen molar-refractivity contribution < 1.29 is 18.7 Å². The average molecular weight is 486 g/mol. The molecule has 0 bridgehead atoms. The van der Waals surface area contributed by atoms with Crippen molar-refractivity contribution in [3.8, 4) is 11.1 Å². The van der Waals surface area contributed by atoms with Gasteiger partial charge in [0.25, 0.3) is 5.91 Å². The zero-order valence-corrected chi connectivity index (χ0v) is 20.3. The summed E-state index contributed by atoms with van der Waals surface area (Å²) in [5, 5.41) is 4.12. The number of hydrogen-bond acceptors (Lipinski definition) is 5. The van der Waals surface area contributed by atoms with E-state index in [-0.39, 0.29) is 18.5 Å². The minimum absolute atomic E-state index is 0.107. The monoisotopic (exact) mass is 485 g/mol. The number of halogens is 1. The molecule has 1 aliphatic heterocycles. The van der Waals surface area contributed by atoms with Gasteiger partial charge in [0.15, 0.2) is 0 Å². The Morgan fingerprint density at radius 1 is 1.11 bits per heavy atom. The summed E-state index contributed by atoms with van der Waals surface area (Å²) in [4.78, 5) is 20.3. The van der Waals surface area contributed by atoms with E-state index in [0.717, 1.165) is 22.4 Å². The number of ether oxygens (including phenoxy) is 2. The lowest BCUT2D eigenvalue weighted by Crippen LogP contribution is -2.35. The highest BCUT2D eigenvalue weighted by Crippen LogP contribution is 2.41. The minimum Gasteiger partial charge on any atom is -0.383 e. The molecule has 1 unspecified atom stereocenters. The van der Waals surface area contributed by atoms with Crippen molar-refractivity contribution in [1.29, 1.82) is 0 Å². The second-order valence-corrected chi connectivity index (χ2v) is 8.78. The molecule has 1 atom stereocenters. The van der Waals surface area contributed by atoms with Gasteiger partial charge in [0.2, 0.25) is 0 Å². The summed E-state index contributed by atoms with van der Waals surface area (Å²) in [6, 6.07) is 21.5. The number of carbonyl (C=O) groups excluding carboxylic acids is 1. The van der Waals surface area contributed by atoms with Crippen LogP contribution in [0.2, 0.25) is 0 Å². The average Bonchev–Trinajstić information content (AvgIpc) is 3.07. The fourth-order valence-electron chi connectivity index (χ4n) is 4.67. The third-order valence-electron chi connectivity index (χ3n) is 6.51. The normalized spacial score (nSPS) is 14.4. The third-order valence-corrected chi connectivity index (χ3v) is 6.51. The van der Waals surface area contributed by atoms with Gasteiger partial charge in [-0.25, -0.2) is 9.37 Å². The SMILES string of the molecule is COCCNc1c(-c2ccccc2)c(C(C)N2COCc3ccccc3C2=O)nc2ccc(F)cc12. The molecule has 2 heterocycles. The van der Waals surface area contributed by atoms with E-state index in [1.165, 1.54) is 12.1 Å². The first kappa shape index (κ1) is 23.9. The van der Waals surface area contributed by atoms with Gasteiger partial charge in [-0.15, -0.1) is 0 Å². The third kappa shape index (κ3) is 4.55. The molecule has 1 aromatic heterocycles. The number of pyridine rings is 1. The van der Waals surface area contributed by atoms with Gasteiger partial charge in [-0.3, -0.25) is 4.79 Å². The van der Waals surface area contributed by atoms with Gasteiger partial charge in [0.05, 0.1) is 36.2 Å². The number of methoxy groups -OCH3 is 1. The number of nitrogens with zero attached hydrogens (tertiary/aromatic N) is 2. The molecule has 6 nitrogen and oxygen atoms in total. The van der Waals surface area contributed by atoms with E-state index in [9.17, 15) is 9.18 Å². The van der Waals surface area contributed by atoms with Crippen LogP contribution in [0.15, 0.2) is 72.8 Å². The van der Waals surface area contributed by atoms with Gasteiger partial charge in [0, 0.05) is 30.2 Å². The van der Waals surface area contributed by atoms with Crippen molar-refractivity contribution >= 4 is 22.5 Å². The number of anilines is 1. The lowest BCUT2D eigenvalue weighted by atomic mass is 9.94. The first-order valence-corrected chi connectivity index (χ1v) is 12.0. The summed E-state index contributed by atoms with van der Waals surface area (Å²) in [6.07, 6.45) is 0. The van der Waals surface area contributed by atoms with Crippen LogP contribution in [0.1, 0.15) is 34.6 Å². The summed E-state index contributed by atoms with van der Waals surface area (Å²) in [5.41, 5.74) is 5.34. The zero-order valence-electron chi connectivity index (χ0n) is 20.3. The maximum absolute atomic E-state index is 14.4. The molecule has 0 saturated carbocycles. The van der Waals surface area contributed by atoms with Gasteiger partial charge in [-0.2, -0.15) is 0 Å². The van der Waals surface area contributed by atoms with E-state index in [4.69, 9.17) is 14.5 Å². The number of nitrogens with one attached hydrogen (secondary N) is 1. The molecular formula is C29H28FN3O3. The second-order valence-electron chi connectivity index (χ2n) is 8.78. The Morgan fingerprint density at radius 2 is 1.89 bits per heavy atom. The largest absolute Gasteiger partial charge is 0.383 e. The van der Waals surface area contributed by atoms with Crippen LogP contribution in [0.3, 0.4) is 0 Å². The van der Waals surface area contributed by atoms with Gasteiger partial charge in [-0.1, -0.05) is 48.5 Å². The maximum atomic E-state index is 14.4. The molecule has 36 heavy (non-hydrogen) atoms. The van der Waals surface area contributed by atoms with Crippen molar-refractivity contribution in [3.63, 3.8) is 0 Å². The van der Waals surface area contributed by atoms with Crippen LogP contribution >= 0.6 is 0 Å². The zero-order chi connectivity index (χ0) is 25.1. The Labute approximate surface area is 209 Å². The first-order valence-electron chi connectivity index (χ1n) is 12.0. The molecule has 184 valence electrons. The minimum atomic E-state index is -0.420. The van der Waals surface area contributed by atoms with E-state index in [0.29, 0.717) is 41.9 Å². The van der Waals surface area contributed by atoms with E-state index in [2.05, 4.69) is 5.32 Å². The number of aromatic nitrogens is 1. The van der Waals surface area contributed by atoms with E-state index in [1.807, 2.05) is 61.5 Å². The number of rotatable bonds is 7. The fourth-order valence-corrected chi connectivity index (χ4v) is 4.67. The van der Waals surface area contributed by atoms with Crippen LogP contribution in [0, 0.1) is 5.82 Å². The lowest BCUT2D eigenvalue weighted by Gasteiger charge is -2.30. The lowest BCUT2D eigenvalue weighted by molar-refractivity contribution is 0.00969. The molecule has 0 saturated heterocycles. The Morgan fingerprint density at radius 3 is 2.69 bits per heavy atom. The van der Waals surface area contributed by atoms with Crippen LogP contribution in [0.4, 0.5) is 10.1 Å². The highest BCUT2D eigenvalue weighted by atomic mass is 19.1. The quantitative estimate of drug-likeness (QED) is 0.336. The van der Waals surface area contributed by atoms with Crippen molar-refractivity contribution in [2.45, 2.75) is 19.6 Å². The summed E-state index contributed by atoms with van der Waals surface area (Å²) in [7, 11) is 1.64. The van der Waals surface area contributed by atoms with E-state index >= 15 is 0 Å². The molecule has 7 heteroatoms. The van der Waals surface area contributed by atoms with Crippen LogP contribution < -0.4 is 5.32 Å². The molecule has 0 spiro atoms. The molecule has 0 radical (unpaired) electrons. The topological polar surface area (TPSA) is 63.7 Å². The molecule has 3 aromatic carbocycles. The molecule has 1 amide bonds. The summed E-state index contributed by atoms with van der Waals surface area (Å²) >= 11 is 0. The second kappa shape index (κ2) is 10.4. The summed E-state index contributed by atoms with van der Waals surface area (Å²) in [5.74, 6) is -0.448. The Kier molecular flexibility index (Phi) is 6.93. The fraction of sp³-hybridized carbons (Fsp3) is 0.241. The Hall–Kier alpha value is -3.81. The molecule has 1 N–H and O–H groups in total. The van der Waals surface area contributed by atoms with E-state index < -0.39 is 6.04 Å². The maximum Gasteiger partial charge on any atom is 0.256 e. The van der Waals surface area contributed by atoms with Crippen LogP contribution in [-0.2, 0) is 16.1 Å². The summed E-state index contributed by atoms with van der Waals surface area (Å²) < 4.78 is 25.5.